The van der Waals surface area contributed by atoms with E-state index in [4.69, 9.17) is 0 Å². The lowest BCUT2D eigenvalue weighted by Crippen LogP contribution is -2.38. The summed E-state index contributed by atoms with van der Waals surface area (Å²) >= 11 is 0. The molecule has 4 aliphatic rings. The van der Waals surface area contributed by atoms with Crippen molar-refractivity contribution in [3.63, 3.8) is 0 Å². The van der Waals surface area contributed by atoms with Crippen molar-refractivity contribution in [2.45, 2.75) is 19.0 Å². The smallest absolute Gasteiger partial charge is 0.274 e. The van der Waals surface area contributed by atoms with Crippen molar-refractivity contribution in [3.05, 3.63) is 42.0 Å². The van der Waals surface area contributed by atoms with Crippen LogP contribution in [0.1, 0.15) is 18.4 Å². The Hall–Kier alpha value is -2.11. The zero-order valence-corrected chi connectivity index (χ0v) is 12.1. The van der Waals surface area contributed by atoms with Crippen molar-refractivity contribution in [2.75, 3.05) is 4.90 Å². The number of hydrogen-bond acceptors (Lipinski definition) is 2. The largest absolute Gasteiger partial charge is 0.416 e. The zero-order chi connectivity index (χ0) is 16.4. The molecule has 23 heavy (non-hydrogen) atoms. The highest BCUT2D eigenvalue weighted by molar-refractivity contribution is 6.22. The molecule has 0 unspecified atom stereocenters. The van der Waals surface area contributed by atoms with E-state index in [0.717, 1.165) is 29.9 Å². The highest BCUT2D eigenvalue weighted by atomic mass is 19.4. The molecule has 6 heteroatoms. The fourth-order valence-electron chi connectivity index (χ4n) is 4.13. The molecule has 1 aromatic carbocycles. The maximum atomic E-state index is 12.7. The summed E-state index contributed by atoms with van der Waals surface area (Å²) in [6.07, 6.45) is 1.37. The first-order valence-corrected chi connectivity index (χ1v) is 7.61. The van der Waals surface area contributed by atoms with Gasteiger partial charge in [0, 0.05) is 0 Å². The Morgan fingerprint density at radius 2 is 1.35 bits per heavy atom. The average molecular weight is 321 g/mol. The molecule has 2 amide bonds. The lowest BCUT2D eigenvalue weighted by Gasteiger charge is -2.38. The third-order valence-electron chi connectivity index (χ3n) is 5.21. The van der Waals surface area contributed by atoms with E-state index >= 15 is 0 Å². The third kappa shape index (κ3) is 2.04. The Morgan fingerprint density at radius 3 is 1.74 bits per heavy atom. The minimum absolute atomic E-state index is 0.0703. The first-order chi connectivity index (χ1) is 10.9. The summed E-state index contributed by atoms with van der Waals surface area (Å²) in [5.74, 6) is -1.12. The van der Waals surface area contributed by atoms with Crippen LogP contribution < -0.4 is 4.90 Å². The van der Waals surface area contributed by atoms with Gasteiger partial charge < -0.3 is 0 Å². The summed E-state index contributed by atoms with van der Waals surface area (Å²) in [5.41, 5.74) is -0.568. The molecule has 2 bridgehead atoms. The number of fused-ring (bicyclic) bond motifs is 1. The third-order valence-corrected chi connectivity index (χ3v) is 5.21. The normalized spacial score (nSPS) is 32.6. The molecule has 4 atom stereocenters. The molecule has 1 saturated carbocycles. The topological polar surface area (TPSA) is 37.4 Å². The quantitative estimate of drug-likeness (QED) is 0.587. The lowest BCUT2D eigenvalue weighted by molar-refractivity contribution is -0.137. The molecule has 0 aromatic heterocycles. The van der Waals surface area contributed by atoms with E-state index in [1.807, 2.05) is 12.2 Å². The van der Waals surface area contributed by atoms with Gasteiger partial charge in [0.25, 0.3) is 0 Å². The summed E-state index contributed by atoms with van der Waals surface area (Å²) in [7, 11) is 0. The predicted molar refractivity (Wildman–Crippen MR) is 76.3 cm³/mol. The molecular weight excluding hydrogens is 307 g/mol. The first-order valence-electron chi connectivity index (χ1n) is 7.61. The van der Waals surface area contributed by atoms with Crippen molar-refractivity contribution in [2.24, 2.45) is 23.7 Å². The molecule has 1 heterocycles. The van der Waals surface area contributed by atoms with E-state index in [0.29, 0.717) is 0 Å². The lowest BCUT2D eigenvalue weighted by atomic mass is 9.63. The number of imide groups is 1. The van der Waals surface area contributed by atoms with Crippen LogP contribution in [0.3, 0.4) is 0 Å². The van der Waals surface area contributed by atoms with Gasteiger partial charge >= 0.3 is 6.18 Å². The summed E-state index contributed by atoms with van der Waals surface area (Å²) in [6.45, 7) is 0. The zero-order valence-electron chi connectivity index (χ0n) is 12.1. The molecule has 0 radical (unpaired) electrons. The van der Waals surface area contributed by atoms with Gasteiger partial charge in [0.05, 0.1) is 23.1 Å². The Morgan fingerprint density at radius 1 is 0.870 bits per heavy atom. The fourth-order valence-corrected chi connectivity index (χ4v) is 4.13. The van der Waals surface area contributed by atoms with Crippen molar-refractivity contribution in [3.8, 4) is 0 Å². The number of anilines is 1. The first kappa shape index (κ1) is 14.5. The molecule has 5 rings (SSSR count). The Balaban J connectivity index is 1.68. The van der Waals surface area contributed by atoms with Gasteiger partial charge in [-0.05, 0) is 48.9 Å². The molecule has 1 aromatic rings. The standard InChI is InChI=1S/C17H14F3NO2/c18-17(19,20)11-5-7-12(8-6-11)21-15(22)13-9-1-2-10(4-3-9)14(13)16(21)23/h1-2,5-10,13-14H,3-4H2/t9-,10+,13-,14+. The highest BCUT2D eigenvalue weighted by Crippen LogP contribution is 2.50. The Labute approximate surface area is 130 Å². The molecule has 120 valence electrons. The number of nitrogens with zero attached hydrogens (tertiary/aromatic N) is 1. The van der Waals surface area contributed by atoms with E-state index < -0.39 is 11.7 Å². The number of amides is 2. The second-order valence-corrected chi connectivity index (χ2v) is 6.40. The van der Waals surface area contributed by atoms with Gasteiger partial charge in [-0.25, -0.2) is 0 Å². The number of halogens is 3. The monoisotopic (exact) mass is 321 g/mol. The summed E-state index contributed by atoms with van der Waals surface area (Å²) < 4.78 is 37.9. The van der Waals surface area contributed by atoms with E-state index in [1.165, 1.54) is 12.1 Å². The van der Waals surface area contributed by atoms with Gasteiger partial charge in [0.15, 0.2) is 0 Å². The molecule has 0 spiro atoms. The van der Waals surface area contributed by atoms with Gasteiger partial charge in [-0.2, -0.15) is 13.2 Å². The second kappa shape index (κ2) is 4.69. The number of carbonyl (C=O) groups is 2. The molecule has 3 aliphatic carbocycles. The predicted octanol–water partition coefficient (Wildman–Crippen LogP) is 3.41. The maximum Gasteiger partial charge on any atom is 0.416 e. The number of allylic oxidation sites excluding steroid dienone is 2. The van der Waals surface area contributed by atoms with Crippen LogP contribution in [-0.2, 0) is 15.8 Å². The van der Waals surface area contributed by atoms with Crippen LogP contribution in [0.4, 0.5) is 18.9 Å². The van der Waals surface area contributed by atoms with Crippen LogP contribution >= 0.6 is 0 Å². The summed E-state index contributed by atoms with van der Waals surface area (Å²) in [4.78, 5) is 26.4. The van der Waals surface area contributed by atoms with Gasteiger partial charge in [-0.15, -0.1) is 0 Å². The van der Waals surface area contributed by atoms with Gasteiger partial charge in [0.1, 0.15) is 0 Å². The number of alkyl halides is 3. The van der Waals surface area contributed by atoms with Crippen LogP contribution in [0.2, 0.25) is 0 Å². The van der Waals surface area contributed by atoms with Crippen LogP contribution in [-0.4, -0.2) is 11.8 Å². The number of benzene rings is 1. The van der Waals surface area contributed by atoms with E-state index in [1.54, 1.807) is 0 Å². The average Bonchev–Trinajstić information content (AvgIpc) is 2.81. The number of hydrogen-bond donors (Lipinski definition) is 0. The molecule has 2 fully saturated rings. The van der Waals surface area contributed by atoms with Crippen molar-refractivity contribution in [1.82, 2.24) is 0 Å². The van der Waals surface area contributed by atoms with Crippen molar-refractivity contribution >= 4 is 17.5 Å². The molecule has 3 nitrogen and oxygen atoms in total. The van der Waals surface area contributed by atoms with Gasteiger partial charge in [-0.3, -0.25) is 14.5 Å². The van der Waals surface area contributed by atoms with Crippen LogP contribution in [0.5, 0.6) is 0 Å². The fraction of sp³-hybridized carbons (Fsp3) is 0.412. The van der Waals surface area contributed by atoms with E-state index in [2.05, 4.69) is 0 Å². The van der Waals surface area contributed by atoms with Crippen molar-refractivity contribution in [1.29, 1.82) is 0 Å². The van der Waals surface area contributed by atoms with Crippen LogP contribution in [0, 0.1) is 23.7 Å². The van der Waals surface area contributed by atoms with Crippen LogP contribution in [0.25, 0.3) is 0 Å². The van der Waals surface area contributed by atoms with Gasteiger partial charge in [0.2, 0.25) is 11.8 Å². The number of rotatable bonds is 1. The maximum absolute atomic E-state index is 12.7. The minimum atomic E-state index is -4.44. The molecule has 1 saturated heterocycles. The highest BCUT2D eigenvalue weighted by Gasteiger charge is 2.56. The minimum Gasteiger partial charge on any atom is -0.274 e. The van der Waals surface area contributed by atoms with E-state index in [-0.39, 0.29) is 41.2 Å². The Bertz CT molecular complexity index is 676. The molecule has 1 aliphatic heterocycles. The second-order valence-electron chi connectivity index (χ2n) is 6.40. The van der Waals surface area contributed by atoms with E-state index in [9.17, 15) is 22.8 Å². The SMILES string of the molecule is O=C1[C@@H]2[C@H](C(=O)N1c1ccc(C(F)(F)F)cc1)[C@@H]1C=C[C@H]2CC1. The van der Waals surface area contributed by atoms with Crippen molar-refractivity contribution < 1.29 is 22.8 Å². The number of carbonyl (C=O) groups excluding carboxylic acids is 2. The van der Waals surface area contributed by atoms with Gasteiger partial charge in [-0.1, -0.05) is 12.2 Å². The molecular formula is C17H14F3NO2. The van der Waals surface area contributed by atoms with Crippen LogP contribution in [0.15, 0.2) is 36.4 Å². The molecule has 0 N–H and O–H groups in total. The Kier molecular flexibility index (Phi) is 2.95. The summed E-state index contributed by atoms with van der Waals surface area (Å²) in [5, 5.41) is 0. The summed E-state index contributed by atoms with van der Waals surface area (Å²) in [6, 6.07) is 4.21.